The summed E-state index contributed by atoms with van der Waals surface area (Å²) in [6, 6.07) is 12.0. The zero-order valence-corrected chi connectivity index (χ0v) is 17.5. The number of carbonyl (C=O) groups excluding carboxylic acids is 2. The number of hydrogen-bond donors (Lipinski definition) is 1. The molecule has 1 heterocycles. The molecule has 8 heteroatoms. The Morgan fingerprint density at radius 1 is 1.24 bits per heavy atom. The van der Waals surface area contributed by atoms with Crippen LogP contribution < -0.4 is 10.1 Å². The monoisotopic (exact) mass is 430 g/mol. The van der Waals surface area contributed by atoms with Crippen molar-refractivity contribution in [1.82, 2.24) is 4.90 Å². The molecular weight excluding hydrogens is 411 g/mol. The van der Waals surface area contributed by atoms with Crippen molar-refractivity contribution in [2.24, 2.45) is 0 Å². The van der Waals surface area contributed by atoms with Gasteiger partial charge >= 0.3 is 0 Å². The van der Waals surface area contributed by atoms with Crippen molar-refractivity contribution in [2.45, 2.75) is 19.9 Å². The summed E-state index contributed by atoms with van der Waals surface area (Å²) in [5.74, 6) is -0.345. The number of benzene rings is 2. The van der Waals surface area contributed by atoms with Gasteiger partial charge in [-0.05, 0) is 61.9 Å². The predicted octanol–water partition coefficient (Wildman–Crippen LogP) is 4.45. The molecule has 1 aliphatic heterocycles. The van der Waals surface area contributed by atoms with E-state index in [0.29, 0.717) is 32.8 Å². The smallest absolute Gasteiger partial charge is 0.266 e. The van der Waals surface area contributed by atoms with Crippen molar-refractivity contribution in [3.05, 3.63) is 64.8 Å². The molecule has 0 radical (unpaired) electrons. The van der Waals surface area contributed by atoms with E-state index in [9.17, 15) is 14.0 Å². The lowest BCUT2D eigenvalue weighted by atomic mass is 10.2. The number of amides is 2. The number of thiocarbonyl (C=S) groups is 1. The number of nitrogens with zero attached hydrogens (tertiary/aromatic N) is 1. The molecule has 0 aromatic heterocycles. The van der Waals surface area contributed by atoms with E-state index in [-0.39, 0.29) is 17.6 Å². The summed E-state index contributed by atoms with van der Waals surface area (Å²) < 4.78 is 18.7. The van der Waals surface area contributed by atoms with Crippen molar-refractivity contribution in [1.29, 1.82) is 0 Å². The second kappa shape index (κ2) is 9.19. The third-order valence-corrected chi connectivity index (χ3v) is 5.52. The third-order valence-electron chi connectivity index (χ3n) is 4.19. The van der Waals surface area contributed by atoms with Gasteiger partial charge in [0, 0.05) is 5.69 Å². The van der Waals surface area contributed by atoms with Crippen LogP contribution in [-0.4, -0.2) is 33.7 Å². The maximum absolute atomic E-state index is 13.1. The molecule has 5 nitrogen and oxygen atoms in total. The summed E-state index contributed by atoms with van der Waals surface area (Å²) in [6.07, 6.45) is 1.63. The van der Waals surface area contributed by atoms with Crippen molar-refractivity contribution < 1.29 is 18.7 Å². The van der Waals surface area contributed by atoms with E-state index in [1.54, 1.807) is 49.4 Å². The minimum atomic E-state index is -0.784. The maximum Gasteiger partial charge on any atom is 0.266 e. The fraction of sp³-hybridized carbons (Fsp3) is 0.190. The first-order valence-electron chi connectivity index (χ1n) is 8.95. The molecule has 0 bridgehead atoms. The van der Waals surface area contributed by atoms with Gasteiger partial charge in [-0.25, -0.2) is 4.39 Å². The van der Waals surface area contributed by atoms with Gasteiger partial charge in [0.2, 0.25) is 5.91 Å². The van der Waals surface area contributed by atoms with Crippen molar-refractivity contribution in [2.75, 3.05) is 11.9 Å². The Morgan fingerprint density at radius 2 is 1.90 bits per heavy atom. The molecule has 1 unspecified atom stereocenters. The van der Waals surface area contributed by atoms with E-state index in [4.69, 9.17) is 17.0 Å². The van der Waals surface area contributed by atoms with Crippen LogP contribution in [-0.2, 0) is 9.59 Å². The molecule has 29 heavy (non-hydrogen) atoms. The van der Waals surface area contributed by atoms with Gasteiger partial charge in [-0.3, -0.25) is 14.5 Å². The molecule has 0 aliphatic carbocycles. The molecular formula is C21H19FN2O3S2. The summed E-state index contributed by atoms with van der Waals surface area (Å²) in [6.45, 7) is 4.07. The summed E-state index contributed by atoms with van der Waals surface area (Å²) in [4.78, 5) is 27.1. The topological polar surface area (TPSA) is 58.6 Å². The molecule has 0 saturated carbocycles. The Hall–Kier alpha value is -2.71. The summed E-state index contributed by atoms with van der Waals surface area (Å²) in [7, 11) is 0. The van der Waals surface area contributed by atoms with Crippen LogP contribution in [0, 0.1) is 5.82 Å². The lowest BCUT2D eigenvalue weighted by Gasteiger charge is -2.22. The number of anilines is 1. The number of thioether (sulfide) groups is 1. The fourth-order valence-electron chi connectivity index (χ4n) is 2.69. The standard InChI is InChI=1S/C21H19FN2O3S2/c1-3-27-17-10-8-16(9-11-17)23-19(25)13(2)24-20(26)18(29-21(24)28)12-14-4-6-15(22)7-5-14/h4-13H,3H2,1-2H3,(H,23,25)/b18-12-. The number of carbonyl (C=O) groups is 2. The van der Waals surface area contributed by atoms with Crippen LogP contribution in [0.2, 0.25) is 0 Å². The van der Waals surface area contributed by atoms with Crippen LogP contribution in [0.25, 0.3) is 6.08 Å². The molecule has 1 N–H and O–H groups in total. The highest BCUT2D eigenvalue weighted by Gasteiger charge is 2.38. The van der Waals surface area contributed by atoms with Crippen LogP contribution in [0.3, 0.4) is 0 Å². The fourth-order valence-corrected chi connectivity index (χ4v) is 4.11. The Kier molecular flexibility index (Phi) is 6.66. The van der Waals surface area contributed by atoms with E-state index in [1.165, 1.54) is 17.0 Å². The first-order valence-corrected chi connectivity index (χ1v) is 10.2. The molecule has 2 aromatic carbocycles. The molecule has 0 spiro atoms. The SMILES string of the molecule is CCOc1ccc(NC(=O)C(C)N2C(=O)/C(=C/c3ccc(F)cc3)SC2=S)cc1. The van der Waals surface area contributed by atoms with Gasteiger partial charge in [0.25, 0.3) is 5.91 Å². The van der Waals surface area contributed by atoms with Gasteiger partial charge in [-0.1, -0.05) is 36.1 Å². The van der Waals surface area contributed by atoms with Crippen molar-refractivity contribution >= 4 is 51.9 Å². The van der Waals surface area contributed by atoms with Crippen LogP contribution in [0.5, 0.6) is 5.75 Å². The largest absolute Gasteiger partial charge is 0.494 e. The van der Waals surface area contributed by atoms with Gasteiger partial charge in [-0.2, -0.15) is 0 Å². The second-order valence-electron chi connectivity index (χ2n) is 6.23. The Morgan fingerprint density at radius 3 is 2.52 bits per heavy atom. The first-order chi connectivity index (χ1) is 13.9. The van der Waals surface area contributed by atoms with Crippen LogP contribution in [0.4, 0.5) is 10.1 Å². The number of rotatable bonds is 6. The molecule has 2 aromatic rings. The quantitative estimate of drug-likeness (QED) is 0.542. The Bertz CT molecular complexity index is 959. The minimum absolute atomic E-state index is 0.303. The average molecular weight is 431 g/mol. The summed E-state index contributed by atoms with van der Waals surface area (Å²) in [5.41, 5.74) is 1.27. The van der Waals surface area contributed by atoms with Gasteiger partial charge < -0.3 is 10.1 Å². The van der Waals surface area contributed by atoms with E-state index >= 15 is 0 Å². The Labute approximate surface area is 177 Å². The summed E-state index contributed by atoms with van der Waals surface area (Å²) >= 11 is 6.43. The third kappa shape index (κ3) is 5.02. The van der Waals surface area contributed by atoms with E-state index in [2.05, 4.69) is 5.32 Å². The minimum Gasteiger partial charge on any atom is -0.494 e. The van der Waals surface area contributed by atoms with E-state index in [0.717, 1.165) is 11.8 Å². The molecule has 1 atom stereocenters. The number of nitrogens with one attached hydrogen (secondary N) is 1. The molecule has 150 valence electrons. The van der Waals surface area contributed by atoms with E-state index in [1.807, 2.05) is 6.92 Å². The van der Waals surface area contributed by atoms with Crippen LogP contribution >= 0.6 is 24.0 Å². The number of halogens is 1. The van der Waals surface area contributed by atoms with Crippen LogP contribution in [0.1, 0.15) is 19.4 Å². The lowest BCUT2D eigenvalue weighted by Crippen LogP contribution is -2.44. The maximum atomic E-state index is 13.1. The zero-order chi connectivity index (χ0) is 21.0. The normalized spacial score (nSPS) is 16.2. The van der Waals surface area contributed by atoms with Crippen molar-refractivity contribution in [3.8, 4) is 5.75 Å². The first kappa shape index (κ1) is 21.0. The van der Waals surface area contributed by atoms with E-state index < -0.39 is 6.04 Å². The molecule has 1 saturated heterocycles. The van der Waals surface area contributed by atoms with Gasteiger partial charge in [0.15, 0.2) is 0 Å². The molecule has 1 fully saturated rings. The Balaban J connectivity index is 1.70. The zero-order valence-electron chi connectivity index (χ0n) is 15.8. The highest BCUT2D eigenvalue weighted by molar-refractivity contribution is 8.26. The van der Waals surface area contributed by atoms with Crippen LogP contribution in [0.15, 0.2) is 53.4 Å². The predicted molar refractivity (Wildman–Crippen MR) is 117 cm³/mol. The molecule has 1 aliphatic rings. The number of ether oxygens (including phenoxy) is 1. The highest BCUT2D eigenvalue weighted by Crippen LogP contribution is 2.34. The average Bonchev–Trinajstić information content (AvgIpc) is 2.98. The second-order valence-corrected chi connectivity index (χ2v) is 7.90. The number of hydrogen-bond acceptors (Lipinski definition) is 5. The van der Waals surface area contributed by atoms with Crippen molar-refractivity contribution in [3.63, 3.8) is 0 Å². The lowest BCUT2D eigenvalue weighted by molar-refractivity contribution is -0.129. The van der Waals surface area contributed by atoms with Gasteiger partial charge in [-0.15, -0.1) is 0 Å². The van der Waals surface area contributed by atoms with Gasteiger partial charge in [0.05, 0.1) is 11.5 Å². The summed E-state index contributed by atoms with van der Waals surface area (Å²) in [5, 5.41) is 2.78. The highest BCUT2D eigenvalue weighted by atomic mass is 32.2. The van der Waals surface area contributed by atoms with Gasteiger partial charge in [0.1, 0.15) is 21.9 Å². The molecule has 2 amide bonds. The molecule has 3 rings (SSSR count).